The van der Waals surface area contributed by atoms with Crippen molar-refractivity contribution in [3.05, 3.63) is 29.8 Å². The number of ether oxygens (including phenoxy) is 1. The molecule has 5 nitrogen and oxygen atoms in total. The van der Waals surface area contributed by atoms with Crippen molar-refractivity contribution in [2.75, 3.05) is 20.2 Å². The quantitative estimate of drug-likeness (QED) is 0.801. The van der Waals surface area contributed by atoms with E-state index in [1.54, 1.807) is 7.11 Å². The van der Waals surface area contributed by atoms with Crippen LogP contribution in [0.5, 0.6) is 5.75 Å². The van der Waals surface area contributed by atoms with E-state index in [2.05, 4.69) is 25.9 Å². The average Bonchev–Trinajstić information content (AvgIpc) is 2.99. The lowest BCUT2D eigenvalue weighted by molar-refractivity contribution is -0.134. The van der Waals surface area contributed by atoms with Gasteiger partial charge >= 0.3 is 0 Å². The Morgan fingerprint density at radius 2 is 2.00 bits per heavy atom. The number of benzene rings is 1. The van der Waals surface area contributed by atoms with Gasteiger partial charge in [0, 0.05) is 19.4 Å². The first-order valence-corrected chi connectivity index (χ1v) is 8.47. The Bertz CT molecular complexity index is 588. The molecule has 0 aliphatic carbocycles. The van der Waals surface area contributed by atoms with Gasteiger partial charge in [0.1, 0.15) is 5.75 Å². The van der Waals surface area contributed by atoms with Gasteiger partial charge in [0.05, 0.1) is 19.4 Å². The summed E-state index contributed by atoms with van der Waals surface area (Å²) in [7, 11) is 1.65. The first-order valence-electron chi connectivity index (χ1n) is 8.47. The summed E-state index contributed by atoms with van der Waals surface area (Å²) in [5, 5.41) is 4.20. The molecule has 0 unspecified atom stereocenters. The molecule has 0 spiro atoms. The highest BCUT2D eigenvalue weighted by molar-refractivity contribution is 6.01. The van der Waals surface area contributed by atoms with Crippen LogP contribution < -0.4 is 4.74 Å². The summed E-state index contributed by atoms with van der Waals surface area (Å²) in [5.74, 6) is 0.992. The fraction of sp³-hybridized carbons (Fsp3) is 0.579. The van der Waals surface area contributed by atoms with E-state index in [-0.39, 0.29) is 17.4 Å². The lowest BCUT2D eigenvalue weighted by Gasteiger charge is -2.27. The summed E-state index contributed by atoms with van der Waals surface area (Å²) < 4.78 is 5.17. The van der Waals surface area contributed by atoms with E-state index in [9.17, 15) is 4.79 Å². The number of carbonyl (C=O) groups excluding carboxylic acids is 1. The largest absolute Gasteiger partial charge is 0.497 e. The van der Waals surface area contributed by atoms with Crippen LogP contribution >= 0.6 is 0 Å². The normalized spacial score (nSPS) is 17.2. The topological polar surface area (TPSA) is 51.1 Å². The maximum atomic E-state index is 12.4. The molecule has 0 saturated carbocycles. The summed E-state index contributed by atoms with van der Waals surface area (Å²) in [6.45, 7) is 9.50. The maximum absolute atomic E-state index is 12.4. The molecule has 0 saturated heterocycles. The molecule has 1 amide bonds. The van der Waals surface area contributed by atoms with Crippen molar-refractivity contribution >= 4 is 11.6 Å². The molecule has 0 N–H and O–H groups in total. The highest BCUT2D eigenvalue weighted by Crippen LogP contribution is 2.22. The van der Waals surface area contributed by atoms with Gasteiger partial charge in [-0.05, 0) is 42.2 Å². The lowest BCUT2D eigenvalue weighted by atomic mass is 9.91. The van der Waals surface area contributed by atoms with E-state index in [1.165, 1.54) is 0 Å². The molecule has 5 heteroatoms. The van der Waals surface area contributed by atoms with Crippen LogP contribution in [0.3, 0.4) is 0 Å². The molecule has 1 atom stereocenters. The average molecular weight is 332 g/mol. The van der Waals surface area contributed by atoms with Gasteiger partial charge in [0.2, 0.25) is 5.91 Å². The third-order valence-electron chi connectivity index (χ3n) is 4.00. The van der Waals surface area contributed by atoms with E-state index in [1.807, 2.05) is 36.1 Å². The Hall–Kier alpha value is -2.04. The third kappa shape index (κ3) is 4.98. The van der Waals surface area contributed by atoms with Crippen LogP contribution in [-0.4, -0.2) is 42.8 Å². The van der Waals surface area contributed by atoms with Gasteiger partial charge in [-0.25, -0.2) is 0 Å². The summed E-state index contributed by atoms with van der Waals surface area (Å²) in [4.78, 5) is 19.8. The van der Waals surface area contributed by atoms with Gasteiger partial charge in [-0.15, -0.1) is 0 Å². The summed E-state index contributed by atoms with van der Waals surface area (Å²) >= 11 is 0. The van der Waals surface area contributed by atoms with Gasteiger partial charge in [-0.1, -0.05) is 25.9 Å². The number of rotatable bonds is 6. The Morgan fingerprint density at radius 1 is 1.33 bits per heavy atom. The number of carbonyl (C=O) groups is 1. The number of methoxy groups -OCH3 is 1. The van der Waals surface area contributed by atoms with Crippen LogP contribution in [0.25, 0.3) is 0 Å². The first kappa shape index (κ1) is 18.3. The molecule has 1 aliphatic heterocycles. The lowest BCUT2D eigenvalue weighted by Crippen LogP contribution is -2.39. The van der Waals surface area contributed by atoms with E-state index < -0.39 is 0 Å². The van der Waals surface area contributed by atoms with E-state index in [0.717, 1.165) is 17.0 Å². The van der Waals surface area contributed by atoms with E-state index >= 15 is 0 Å². The zero-order valence-corrected chi connectivity index (χ0v) is 15.3. The van der Waals surface area contributed by atoms with Gasteiger partial charge < -0.3 is 14.5 Å². The highest BCUT2D eigenvalue weighted by atomic mass is 16.6. The minimum absolute atomic E-state index is 0.00814. The molecule has 0 bridgehead atoms. The van der Waals surface area contributed by atoms with E-state index in [4.69, 9.17) is 9.57 Å². The zero-order valence-electron chi connectivity index (χ0n) is 15.3. The zero-order chi connectivity index (χ0) is 17.7. The molecule has 0 aromatic heterocycles. The number of hydrogen-bond acceptors (Lipinski definition) is 4. The second kappa shape index (κ2) is 7.69. The number of amides is 1. The maximum Gasteiger partial charge on any atom is 0.223 e. The van der Waals surface area contributed by atoms with Crippen molar-refractivity contribution in [2.24, 2.45) is 10.6 Å². The monoisotopic (exact) mass is 332 g/mol. The molecule has 24 heavy (non-hydrogen) atoms. The Kier molecular flexibility index (Phi) is 5.86. The third-order valence-corrected chi connectivity index (χ3v) is 4.00. The number of nitrogens with zero attached hydrogens (tertiary/aromatic N) is 2. The fourth-order valence-corrected chi connectivity index (χ4v) is 2.70. The molecule has 2 rings (SSSR count). The minimum atomic E-state index is -0.0778. The van der Waals surface area contributed by atoms with Crippen molar-refractivity contribution in [1.29, 1.82) is 0 Å². The summed E-state index contributed by atoms with van der Waals surface area (Å²) in [6, 6.07) is 7.78. The van der Waals surface area contributed by atoms with Crippen molar-refractivity contribution in [1.82, 2.24) is 4.90 Å². The Balaban J connectivity index is 1.92. The molecule has 132 valence electrons. The Labute approximate surface area is 144 Å². The molecule has 1 aromatic carbocycles. The minimum Gasteiger partial charge on any atom is -0.497 e. The standard InChI is InChI=1S/C19H28N2O3/c1-6-21(18(22)12-19(2,3)4)13-16-11-17(20-24-16)14-7-9-15(23-5)10-8-14/h7-10,16H,6,11-13H2,1-5H3/t16-/m1/s1. The smallest absolute Gasteiger partial charge is 0.223 e. The van der Waals surface area contributed by atoms with Crippen LogP contribution in [0.2, 0.25) is 0 Å². The molecule has 0 fully saturated rings. The van der Waals surface area contributed by atoms with Crippen molar-refractivity contribution in [3.63, 3.8) is 0 Å². The van der Waals surface area contributed by atoms with Crippen molar-refractivity contribution in [2.45, 2.75) is 46.6 Å². The van der Waals surface area contributed by atoms with Gasteiger partial charge in [0.25, 0.3) is 0 Å². The number of oxime groups is 1. The van der Waals surface area contributed by atoms with Crippen LogP contribution in [0.4, 0.5) is 0 Å². The molecular weight excluding hydrogens is 304 g/mol. The summed E-state index contributed by atoms with van der Waals surface area (Å²) in [6.07, 6.45) is 1.18. The van der Waals surface area contributed by atoms with Crippen LogP contribution in [0.1, 0.15) is 46.1 Å². The molecule has 0 radical (unpaired) electrons. The molecule has 1 aliphatic rings. The predicted molar refractivity (Wildman–Crippen MR) is 95.3 cm³/mol. The first-order chi connectivity index (χ1) is 11.3. The van der Waals surface area contributed by atoms with Gasteiger partial charge in [-0.2, -0.15) is 0 Å². The number of hydrogen-bond donors (Lipinski definition) is 0. The molecule has 1 heterocycles. The second-order valence-electron chi connectivity index (χ2n) is 7.37. The molecule has 1 aromatic rings. The fourth-order valence-electron chi connectivity index (χ4n) is 2.70. The van der Waals surface area contributed by atoms with Gasteiger partial charge in [-0.3, -0.25) is 4.79 Å². The Morgan fingerprint density at radius 3 is 2.54 bits per heavy atom. The van der Waals surface area contributed by atoms with Gasteiger partial charge in [0.15, 0.2) is 6.10 Å². The van der Waals surface area contributed by atoms with E-state index in [0.29, 0.717) is 25.9 Å². The SMILES string of the molecule is CCN(C[C@H]1CC(c2ccc(OC)cc2)=NO1)C(=O)CC(C)(C)C. The highest BCUT2D eigenvalue weighted by Gasteiger charge is 2.27. The second-order valence-corrected chi connectivity index (χ2v) is 7.37. The van der Waals surface area contributed by atoms with Crippen LogP contribution in [-0.2, 0) is 9.63 Å². The van der Waals surface area contributed by atoms with Crippen LogP contribution in [0.15, 0.2) is 29.4 Å². The summed E-state index contributed by atoms with van der Waals surface area (Å²) in [5.41, 5.74) is 1.94. The van der Waals surface area contributed by atoms with Crippen molar-refractivity contribution < 1.29 is 14.4 Å². The predicted octanol–water partition coefficient (Wildman–Crippen LogP) is 3.47. The number of likely N-dealkylation sites (N-methyl/N-ethyl adjacent to an activating group) is 1. The van der Waals surface area contributed by atoms with Crippen molar-refractivity contribution in [3.8, 4) is 5.75 Å². The van der Waals surface area contributed by atoms with Crippen LogP contribution in [0, 0.1) is 5.41 Å². The molecular formula is C19H28N2O3.